The Bertz CT molecular complexity index is 894. The Kier molecular flexibility index (Phi) is 5.20. The SMILES string of the molecule is CC1NNC(C)C1CC(=O)Nc1ccc(Cc2nc3ccccc3s2)cc1. The lowest BCUT2D eigenvalue weighted by Gasteiger charge is -2.17. The third-order valence-electron chi connectivity index (χ3n) is 5.18. The second-order valence-corrected chi connectivity index (χ2v) is 8.35. The van der Waals surface area contributed by atoms with Crippen LogP contribution in [-0.4, -0.2) is 23.0 Å². The second-order valence-electron chi connectivity index (χ2n) is 7.23. The molecule has 1 amide bonds. The highest BCUT2D eigenvalue weighted by Gasteiger charge is 2.31. The van der Waals surface area contributed by atoms with Gasteiger partial charge >= 0.3 is 0 Å². The first kappa shape index (κ1) is 18.1. The second kappa shape index (κ2) is 7.76. The van der Waals surface area contributed by atoms with Gasteiger partial charge in [-0.05, 0) is 43.7 Å². The summed E-state index contributed by atoms with van der Waals surface area (Å²) in [6.07, 6.45) is 1.32. The predicted molar refractivity (Wildman–Crippen MR) is 111 cm³/mol. The van der Waals surface area contributed by atoms with Crippen molar-refractivity contribution in [2.75, 3.05) is 5.32 Å². The summed E-state index contributed by atoms with van der Waals surface area (Å²) in [7, 11) is 0. The van der Waals surface area contributed by atoms with Crippen LogP contribution in [0.15, 0.2) is 48.5 Å². The van der Waals surface area contributed by atoms with Gasteiger partial charge < -0.3 is 5.32 Å². The minimum atomic E-state index is 0.0584. The highest BCUT2D eigenvalue weighted by Crippen LogP contribution is 2.24. The fourth-order valence-corrected chi connectivity index (χ4v) is 4.57. The van der Waals surface area contributed by atoms with E-state index in [0.29, 0.717) is 24.4 Å². The summed E-state index contributed by atoms with van der Waals surface area (Å²) in [4.78, 5) is 17.0. The van der Waals surface area contributed by atoms with Crippen molar-refractivity contribution in [3.8, 4) is 0 Å². The van der Waals surface area contributed by atoms with Gasteiger partial charge in [-0.1, -0.05) is 24.3 Å². The number of amides is 1. The molecule has 3 N–H and O–H groups in total. The van der Waals surface area contributed by atoms with Crippen molar-refractivity contribution in [3.05, 3.63) is 59.1 Å². The number of hydrogen-bond donors (Lipinski definition) is 3. The number of hydrazine groups is 1. The molecule has 2 unspecified atom stereocenters. The van der Waals surface area contributed by atoms with E-state index in [9.17, 15) is 4.79 Å². The first-order chi connectivity index (χ1) is 13.1. The smallest absolute Gasteiger partial charge is 0.224 e. The monoisotopic (exact) mass is 380 g/mol. The van der Waals surface area contributed by atoms with Crippen LogP contribution in [0.4, 0.5) is 5.69 Å². The number of hydrogen-bond acceptors (Lipinski definition) is 5. The van der Waals surface area contributed by atoms with E-state index in [-0.39, 0.29) is 5.91 Å². The Morgan fingerprint density at radius 1 is 1.07 bits per heavy atom. The molecule has 27 heavy (non-hydrogen) atoms. The number of aromatic nitrogens is 1. The van der Waals surface area contributed by atoms with Crippen LogP contribution in [-0.2, 0) is 11.2 Å². The number of rotatable bonds is 5. The molecule has 0 aliphatic carbocycles. The minimum Gasteiger partial charge on any atom is -0.326 e. The molecule has 0 spiro atoms. The lowest BCUT2D eigenvalue weighted by Crippen LogP contribution is -2.30. The Hall–Kier alpha value is -2.28. The number of anilines is 1. The molecule has 3 aromatic rings. The van der Waals surface area contributed by atoms with E-state index in [1.54, 1.807) is 11.3 Å². The van der Waals surface area contributed by atoms with Crippen molar-refractivity contribution < 1.29 is 4.79 Å². The zero-order valence-electron chi connectivity index (χ0n) is 15.5. The quantitative estimate of drug-likeness (QED) is 0.631. The molecule has 140 valence electrons. The highest BCUT2D eigenvalue weighted by atomic mass is 32.1. The molecule has 5 nitrogen and oxygen atoms in total. The maximum Gasteiger partial charge on any atom is 0.224 e. The molecule has 0 saturated carbocycles. The van der Waals surface area contributed by atoms with Crippen molar-refractivity contribution in [1.29, 1.82) is 0 Å². The van der Waals surface area contributed by atoms with Gasteiger partial charge in [0.1, 0.15) is 0 Å². The molecular weight excluding hydrogens is 356 g/mol. The summed E-state index contributed by atoms with van der Waals surface area (Å²) < 4.78 is 1.22. The molecule has 1 aliphatic rings. The fraction of sp³-hybridized carbons (Fsp3) is 0.333. The van der Waals surface area contributed by atoms with Gasteiger partial charge in [0.05, 0.1) is 15.2 Å². The zero-order valence-corrected chi connectivity index (χ0v) is 16.3. The van der Waals surface area contributed by atoms with Gasteiger partial charge in [-0.25, -0.2) is 4.98 Å². The summed E-state index contributed by atoms with van der Waals surface area (Å²) in [6, 6.07) is 16.9. The fourth-order valence-electron chi connectivity index (χ4n) is 3.57. The molecule has 1 saturated heterocycles. The van der Waals surface area contributed by atoms with Crippen LogP contribution in [0, 0.1) is 5.92 Å². The van der Waals surface area contributed by atoms with Gasteiger partial charge in [-0.15, -0.1) is 11.3 Å². The number of nitrogens with one attached hydrogen (secondary N) is 3. The van der Waals surface area contributed by atoms with Gasteiger partial charge in [-0.2, -0.15) is 0 Å². The average molecular weight is 381 g/mol. The molecule has 1 fully saturated rings. The Morgan fingerprint density at radius 2 is 1.78 bits per heavy atom. The van der Waals surface area contributed by atoms with Gasteiger partial charge in [-0.3, -0.25) is 15.6 Å². The van der Waals surface area contributed by atoms with Crippen molar-refractivity contribution in [1.82, 2.24) is 15.8 Å². The van der Waals surface area contributed by atoms with Crippen molar-refractivity contribution in [3.63, 3.8) is 0 Å². The minimum absolute atomic E-state index is 0.0584. The normalized spacial score (nSPS) is 22.2. The maximum absolute atomic E-state index is 12.4. The number of nitrogens with zero attached hydrogens (tertiary/aromatic N) is 1. The molecule has 1 aliphatic heterocycles. The van der Waals surface area contributed by atoms with E-state index in [1.165, 1.54) is 10.3 Å². The van der Waals surface area contributed by atoms with Crippen LogP contribution >= 0.6 is 11.3 Å². The van der Waals surface area contributed by atoms with Crippen molar-refractivity contribution in [2.24, 2.45) is 5.92 Å². The van der Waals surface area contributed by atoms with Crippen LogP contribution < -0.4 is 16.2 Å². The van der Waals surface area contributed by atoms with Crippen molar-refractivity contribution in [2.45, 2.75) is 38.8 Å². The molecular formula is C21H24N4OS. The van der Waals surface area contributed by atoms with E-state index in [4.69, 9.17) is 0 Å². The Balaban J connectivity index is 1.36. The number of para-hydroxylation sites is 1. The van der Waals surface area contributed by atoms with E-state index in [2.05, 4.69) is 53.2 Å². The van der Waals surface area contributed by atoms with Crippen LogP contribution in [0.2, 0.25) is 0 Å². The highest BCUT2D eigenvalue weighted by molar-refractivity contribution is 7.18. The zero-order chi connectivity index (χ0) is 18.8. The number of thiazole rings is 1. The maximum atomic E-state index is 12.4. The van der Waals surface area contributed by atoms with E-state index < -0.39 is 0 Å². The summed E-state index contributed by atoms with van der Waals surface area (Å²) in [5.74, 6) is 0.353. The number of carbonyl (C=O) groups excluding carboxylic acids is 1. The van der Waals surface area contributed by atoms with Crippen LogP contribution in [0.3, 0.4) is 0 Å². The topological polar surface area (TPSA) is 66.0 Å². The third kappa shape index (κ3) is 4.18. The third-order valence-corrected chi connectivity index (χ3v) is 6.21. The number of benzene rings is 2. The first-order valence-corrected chi connectivity index (χ1v) is 10.1. The van der Waals surface area contributed by atoms with Crippen LogP contribution in [0.1, 0.15) is 30.8 Å². The van der Waals surface area contributed by atoms with Gasteiger partial charge in [0.25, 0.3) is 0 Å². The standard InChI is InChI=1S/C21H24N4OS/c1-13-17(14(2)25-24-13)12-20(26)22-16-9-7-15(8-10-16)11-21-23-18-5-3-4-6-19(18)27-21/h3-10,13-14,17,24-25H,11-12H2,1-2H3,(H,22,26). The number of fused-ring (bicyclic) bond motifs is 1. The summed E-state index contributed by atoms with van der Waals surface area (Å²) >= 11 is 1.73. The van der Waals surface area contributed by atoms with Gasteiger partial charge in [0.2, 0.25) is 5.91 Å². The van der Waals surface area contributed by atoms with Crippen LogP contribution in [0.25, 0.3) is 10.2 Å². The summed E-state index contributed by atoms with van der Waals surface area (Å²) in [5.41, 5.74) is 9.48. The Morgan fingerprint density at radius 3 is 2.48 bits per heavy atom. The molecule has 4 rings (SSSR count). The van der Waals surface area contributed by atoms with E-state index in [1.807, 2.05) is 30.3 Å². The molecule has 1 aromatic heterocycles. The van der Waals surface area contributed by atoms with E-state index >= 15 is 0 Å². The summed E-state index contributed by atoms with van der Waals surface area (Å²) in [5, 5.41) is 4.12. The molecule has 2 aromatic carbocycles. The largest absolute Gasteiger partial charge is 0.326 e. The first-order valence-electron chi connectivity index (χ1n) is 9.33. The molecule has 0 bridgehead atoms. The number of carbonyl (C=O) groups is 1. The molecule has 0 radical (unpaired) electrons. The Labute approximate surface area is 163 Å². The molecule has 2 heterocycles. The molecule has 6 heteroatoms. The lowest BCUT2D eigenvalue weighted by molar-refractivity contribution is -0.117. The molecule has 2 atom stereocenters. The van der Waals surface area contributed by atoms with Crippen molar-refractivity contribution >= 4 is 33.1 Å². The average Bonchev–Trinajstić information content (AvgIpc) is 3.20. The lowest BCUT2D eigenvalue weighted by atomic mass is 9.93. The van der Waals surface area contributed by atoms with Gasteiger partial charge in [0.15, 0.2) is 0 Å². The predicted octanol–water partition coefficient (Wildman–Crippen LogP) is 3.72. The van der Waals surface area contributed by atoms with E-state index in [0.717, 1.165) is 22.6 Å². The van der Waals surface area contributed by atoms with Gasteiger partial charge in [0, 0.05) is 36.5 Å². The summed E-state index contributed by atoms with van der Waals surface area (Å²) in [6.45, 7) is 4.20. The van der Waals surface area contributed by atoms with Crippen LogP contribution in [0.5, 0.6) is 0 Å².